The molecule has 0 fully saturated rings. The first-order valence-corrected chi connectivity index (χ1v) is 34.2. The number of ether oxygens (including phenoxy) is 2. The summed E-state index contributed by atoms with van der Waals surface area (Å²) in [4.78, 5) is 13.4. The average molecular weight is 1280 g/mol. The van der Waals surface area contributed by atoms with Gasteiger partial charge in [0.2, 0.25) is 0 Å². The predicted octanol–water partition coefficient (Wildman–Crippen LogP) is 15.4. The quantitative estimate of drug-likeness (QED) is 0.0171. The maximum atomic E-state index is 11.0. The van der Waals surface area contributed by atoms with Crippen molar-refractivity contribution in [1.29, 1.82) is 0 Å². The van der Waals surface area contributed by atoms with E-state index >= 15 is 0 Å². The molecule has 476 valence electrons. The Hall–Kier alpha value is -8.19. The molecule has 2 unspecified atom stereocenters. The standard InChI is InChI=1S/C74H86N8O6S3/c1-9-79(10-2)59-27-17-53(18-28-59)73(54-19-29-60(30-20-54)80(11-3)12-4)77-75-47-57-25-35-65(45-71(57)85)87-49-63(83)51-89-67-37-41-69(42-38-67)91-70-43-39-68(40-44-70)90-52-64(84)50-88-66-36-26-58(72(86)46-66)48-76-78-74(55-21-31-61(32-22-55)81(13-5)14-6)56-23-33-62(34-24-56)82(15-7)16-8/h17-48,63-64,83-86H,9-16,49-52H2,1-8H3/b75-47+,76-48+. The van der Waals surface area contributed by atoms with E-state index in [4.69, 9.17) is 19.7 Å². The molecule has 0 aliphatic carbocycles. The van der Waals surface area contributed by atoms with E-state index in [0.29, 0.717) is 34.1 Å². The highest BCUT2D eigenvalue weighted by molar-refractivity contribution is 8.00. The van der Waals surface area contributed by atoms with Crippen LogP contribution in [0.5, 0.6) is 23.0 Å². The number of hydrogen-bond donors (Lipinski definition) is 4. The fraction of sp³-hybridized carbons (Fsp3) is 0.297. The minimum absolute atomic E-state index is 0.0105. The molecular formula is C74H86N8O6S3. The van der Waals surface area contributed by atoms with Gasteiger partial charge in [0.05, 0.1) is 24.6 Å². The second kappa shape index (κ2) is 35.4. The number of thioether (sulfide) groups is 2. The van der Waals surface area contributed by atoms with Crippen LogP contribution in [0, 0.1) is 0 Å². The molecule has 0 aliphatic heterocycles. The summed E-state index contributed by atoms with van der Waals surface area (Å²) in [6.07, 6.45) is 1.58. The Bertz CT molecular complexity index is 3280. The van der Waals surface area contributed by atoms with Gasteiger partial charge in [0, 0.05) is 152 Å². The van der Waals surface area contributed by atoms with E-state index in [1.807, 2.05) is 24.3 Å². The van der Waals surface area contributed by atoms with Crippen molar-refractivity contribution >= 4 is 81.9 Å². The van der Waals surface area contributed by atoms with E-state index in [2.05, 4.69) is 207 Å². The number of aliphatic hydroxyl groups excluding tert-OH is 2. The summed E-state index contributed by atoms with van der Waals surface area (Å²) in [5, 5.41) is 61.9. The molecule has 0 radical (unpaired) electrons. The Morgan fingerprint density at radius 1 is 0.385 bits per heavy atom. The lowest BCUT2D eigenvalue weighted by molar-refractivity contribution is 0.126. The summed E-state index contributed by atoms with van der Waals surface area (Å²) >= 11 is 4.74. The minimum atomic E-state index is -0.747. The average Bonchev–Trinajstić information content (AvgIpc) is 1.95. The second-order valence-electron chi connectivity index (χ2n) is 21.3. The molecular weight excluding hydrogens is 1190 g/mol. The fourth-order valence-corrected chi connectivity index (χ4v) is 12.6. The topological polar surface area (TPSA) is 162 Å². The number of phenolic OH excluding ortho intramolecular Hbond substituents is 2. The van der Waals surface area contributed by atoms with Gasteiger partial charge in [-0.15, -0.1) is 33.7 Å². The summed E-state index contributed by atoms with van der Waals surface area (Å²) in [7, 11) is 0. The third kappa shape index (κ3) is 19.9. The van der Waals surface area contributed by atoms with Crippen molar-refractivity contribution in [3.8, 4) is 23.0 Å². The Morgan fingerprint density at radius 3 is 0.923 bits per heavy atom. The maximum absolute atomic E-state index is 11.0. The lowest BCUT2D eigenvalue weighted by Crippen LogP contribution is -2.22. The Morgan fingerprint density at radius 2 is 0.659 bits per heavy atom. The van der Waals surface area contributed by atoms with Crippen LogP contribution in [0.25, 0.3) is 0 Å². The number of benzene rings is 8. The van der Waals surface area contributed by atoms with E-state index in [-0.39, 0.29) is 24.7 Å². The van der Waals surface area contributed by atoms with Gasteiger partial charge < -0.3 is 49.5 Å². The molecule has 0 amide bonds. The summed E-state index contributed by atoms with van der Waals surface area (Å²) in [6.45, 7) is 24.7. The summed E-state index contributed by atoms with van der Waals surface area (Å²) < 4.78 is 11.8. The van der Waals surface area contributed by atoms with Crippen molar-refractivity contribution in [2.24, 2.45) is 20.4 Å². The van der Waals surface area contributed by atoms with Crippen molar-refractivity contribution in [1.82, 2.24) is 0 Å². The minimum Gasteiger partial charge on any atom is -0.507 e. The van der Waals surface area contributed by atoms with Crippen molar-refractivity contribution in [3.63, 3.8) is 0 Å². The number of phenols is 2. The van der Waals surface area contributed by atoms with Crippen molar-refractivity contribution in [2.45, 2.75) is 87.2 Å². The van der Waals surface area contributed by atoms with Crippen molar-refractivity contribution < 1.29 is 29.9 Å². The first-order valence-electron chi connectivity index (χ1n) is 31.4. The van der Waals surface area contributed by atoms with Crippen LogP contribution in [0.2, 0.25) is 0 Å². The molecule has 0 saturated carbocycles. The zero-order chi connectivity index (χ0) is 64.5. The van der Waals surface area contributed by atoms with Crippen molar-refractivity contribution in [3.05, 3.63) is 215 Å². The van der Waals surface area contributed by atoms with Gasteiger partial charge >= 0.3 is 0 Å². The van der Waals surface area contributed by atoms with Gasteiger partial charge in [0.25, 0.3) is 0 Å². The predicted molar refractivity (Wildman–Crippen MR) is 384 cm³/mol. The van der Waals surface area contributed by atoms with Gasteiger partial charge in [-0.3, -0.25) is 0 Å². The van der Waals surface area contributed by atoms with E-state index < -0.39 is 12.2 Å². The lowest BCUT2D eigenvalue weighted by atomic mass is 10.0. The molecule has 0 saturated heterocycles. The van der Waals surface area contributed by atoms with Gasteiger partial charge in [-0.2, -0.15) is 10.2 Å². The smallest absolute Gasteiger partial charge is 0.128 e. The molecule has 0 heterocycles. The van der Waals surface area contributed by atoms with Gasteiger partial charge in [-0.25, -0.2) is 0 Å². The summed E-state index contributed by atoms with van der Waals surface area (Å²) in [5.74, 6) is 1.69. The van der Waals surface area contributed by atoms with Crippen LogP contribution in [-0.4, -0.2) is 134 Å². The zero-order valence-electron chi connectivity index (χ0n) is 53.5. The molecule has 0 aliphatic rings. The lowest BCUT2D eigenvalue weighted by Gasteiger charge is -2.22. The highest BCUT2D eigenvalue weighted by atomic mass is 32.2. The van der Waals surface area contributed by atoms with Crippen LogP contribution in [0.15, 0.2) is 222 Å². The highest BCUT2D eigenvalue weighted by Gasteiger charge is 2.16. The third-order valence-corrected chi connectivity index (χ3v) is 18.8. The van der Waals surface area contributed by atoms with E-state index in [1.54, 1.807) is 59.6 Å². The van der Waals surface area contributed by atoms with E-state index in [0.717, 1.165) is 128 Å². The Labute approximate surface area is 551 Å². The number of nitrogens with zero attached hydrogens (tertiary/aromatic N) is 8. The number of aliphatic hydroxyl groups is 2. The molecule has 0 spiro atoms. The summed E-state index contributed by atoms with van der Waals surface area (Å²) in [6, 6.07) is 60.0. The molecule has 8 rings (SSSR count). The number of aromatic hydroxyl groups is 2. The summed E-state index contributed by atoms with van der Waals surface area (Å²) in [5.41, 5.74) is 10.7. The van der Waals surface area contributed by atoms with Crippen LogP contribution < -0.4 is 29.1 Å². The van der Waals surface area contributed by atoms with E-state index in [1.165, 1.54) is 24.6 Å². The molecule has 8 aromatic rings. The Balaban J connectivity index is 0.765. The van der Waals surface area contributed by atoms with Gasteiger partial charge in [0.1, 0.15) is 47.6 Å². The first-order chi connectivity index (χ1) is 44.3. The Kier molecular flexibility index (Phi) is 26.7. The normalized spacial score (nSPS) is 12.0. The maximum Gasteiger partial charge on any atom is 0.128 e. The van der Waals surface area contributed by atoms with E-state index in [9.17, 15) is 20.4 Å². The molecule has 8 aromatic carbocycles. The molecule has 14 nitrogen and oxygen atoms in total. The largest absolute Gasteiger partial charge is 0.507 e. The molecule has 17 heteroatoms. The molecule has 91 heavy (non-hydrogen) atoms. The monoisotopic (exact) mass is 1280 g/mol. The molecule has 0 bridgehead atoms. The van der Waals surface area contributed by atoms with Gasteiger partial charge in [-0.1, -0.05) is 60.3 Å². The van der Waals surface area contributed by atoms with Crippen LogP contribution in [0.3, 0.4) is 0 Å². The third-order valence-electron chi connectivity index (χ3n) is 15.4. The first kappa shape index (κ1) is 68.7. The van der Waals surface area contributed by atoms with Crippen LogP contribution in [0.4, 0.5) is 22.7 Å². The van der Waals surface area contributed by atoms with Crippen molar-refractivity contribution in [2.75, 3.05) is 96.7 Å². The molecule has 4 N–H and O–H groups in total. The molecule has 2 atom stereocenters. The van der Waals surface area contributed by atoms with Gasteiger partial charge in [0.15, 0.2) is 0 Å². The SMILES string of the molecule is CCN(CC)c1ccc(C(=N/N=C/c2ccc(OCC(O)CSc3ccc(Sc4ccc(SCC(O)COc5ccc(/C=N/N=C(c6ccc(N(CC)CC)cc6)c6ccc(N(CC)CC)cc6)c(O)c5)cc4)cc3)cc2O)c2ccc(N(CC)CC)cc2)cc1. The zero-order valence-corrected chi connectivity index (χ0v) is 56.0. The highest BCUT2D eigenvalue weighted by Crippen LogP contribution is 2.33. The van der Waals surface area contributed by atoms with Crippen LogP contribution >= 0.6 is 35.3 Å². The second-order valence-corrected chi connectivity index (χ2v) is 24.6. The fourth-order valence-electron chi connectivity index (χ4n) is 10.2. The number of hydrogen-bond acceptors (Lipinski definition) is 17. The van der Waals surface area contributed by atoms with Crippen LogP contribution in [0.1, 0.15) is 88.8 Å². The van der Waals surface area contributed by atoms with Crippen LogP contribution in [-0.2, 0) is 0 Å². The number of anilines is 4. The molecule has 0 aromatic heterocycles. The van der Waals surface area contributed by atoms with Gasteiger partial charge in [-0.05, 0) is 177 Å². The number of rotatable bonds is 34.